The molecule has 136 valence electrons. The zero-order chi connectivity index (χ0) is 18.2. The fraction of sp³-hybridized carbons (Fsp3) is 0.579. The molecule has 2 heterocycles. The topological polar surface area (TPSA) is 65.1 Å². The predicted molar refractivity (Wildman–Crippen MR) is 92.3 cm³/mol. The molecule has 1 aromatic rings. The van der Waals surface area contributed by atoms with Crippen molar-refractivity contribution in [1.82, 2.24) is 4.90 Å². The number of rotatable bonds is 1. The fourth-order valence-corrected chi connectivity index (χ4v) is 3.41. The number of fused-ring (bicyclic) bond motifs is 1. The summed E-state index contributed by atoms with van der Waals surface area (Å²) in [6, 6.07) is 5.25. The Morgan fingerprint density at radius 1 is 1.32 bits per heavy atom. The van der Waals surface area contributed by atoms with Gasteiger partial charge in [-0.2, -0.15) is 0 Å². The number of Topliss-reactive ketones (excluding diaryl/α,β-unsaturated/α-hetero) is 1. The molecule has 6 heteroatoms. The number of amides is 1. The van der Waals surface area contributed by atoms with Gasteiger partial charge in [-0.15, -0.1) is 0 Å². The van der Waals surface area contributed by atoms with Gasteiger partial charge in [-0.1, -0.05) is 0 Å². The molecule has 1 saturated heterocycles. The van der Waals surface area contributed by atoms with Crippen molar-refractivity contribution in [3.8, 4) is 11.5 Å². The van der Waals surface area contributed by atoms with Crippen LogP contribution in [0, 0.1) is 0 Å². The first-order valence-electron chi connectivity index (χ1n) is 8.60. The summed E-state index contributed by atoms with van der Waals surface area (Å²) in [6.45, 7) is 6.50. The molecule has 3 rings (SSSR count). The summed E-state index contributed by atoms with van der Waals surface area (Å²) in [7, 11) is 1.57. The van der Waals surface area contributed by atoms with Gasteiger partial charge in [-0.3, -0.25) is 4.79 Å². The van der Waals surface area contributed by atoms with Crippen molar-refractivity contribution in [3.63, 3.8) is 0 Å². The number of carbonyl (C=O) groups is 2. The van der Waals surface area contributed by atoms with E-state index in [4.69, 9.17) is 14.2 Å². The monoisotopic (exact) mass is 347 g/mol. The van der Waals surface area contributed by atoms with Crippen molar-refractivity contribution >= 4 is 11.9 Å². The highest BCUT2D eigenvalue weighted by atomic mass is 16.6. The molecule has 1 unspecified atom stereocenters. The molecule has 1 amide bonds. The minimum Gasteiger partial charge on any atom is -0.497 e. The van der Waals surface area contributed by atoms with Crippen LogP contribution in [-0.4, -0.2) is 48.2 Å². The fourth-order valence-electron chi connectivity index (χ4n) is 3.41. The van der Waals surface area contributed by atoms with E-state index in [1.807, 2.05) is 20.8 Å². The first-order chi connectivity index (χ1) is 11.7. The second-order valence-corrected chi connectivity index (χ2v) is 7.75. The normalized spacial score (nSPS) is 23.0. The van der Waals surface area contributed by atoms with Crippen molar-refractivity contribution in [2.75, 3.05) is 20.2 Å². The molecule has 2 aliphatic heterocycles. The van der Waals surface area contributed by atoms with E-state index in [-0.39, 0.29) is 18.3 Å². The van der Waals surface area contributed by atoms with Gasteiger partial charge in [0.25, 0.3) is 0 Å². The van der Waals surface area contributed by atoms with E-state index < -0.39 is 11.2 Å². The van der Waals surface area contributed by atoms with Crippen LogP contribution in [0.3, 0.4) is 0 Å². The van der Waals surface area contributed by atoms with E-state index in [9.17, 15) is 9.59 Å². The number of hydrogen-bond donors (Lipinski definition) is 0. The van der Waals surface area contributed by atoms with Gasteiger partial charge in [0, 0.05) is 6.54 Å². The maximum atomic E-state index is 12.7. The number of likely N-dealkylation sites (tertiary alicyclic amines) is 1. The molecule has 1 atom stereocenters. The summed E-state index contributed by atoms with van der Waals surface area (Å²) in [5.41, 5.74) is -0.679. The third kappa shape index (κ3) is 3.72. The van der Waals surface area contributed by atoms with Crippen molar-refractivity contribution in [1.29, 1.82) is 0 Å². The van der Waals surface area contributed by atoms with Gasteiger partial charge < -0.3 is 19.1 Å². The summed E-state index contributed by atoms with van der Waals surface area (Å²) in [5, 5.41) is 0. The molecule has 1 spiro atoms. The average molecular weight is 347 g/mol. The Kier molecular flexibility index (Phi) is 4.39. The first kappa shape index (κ1) is 17.6. The minimum atomic E-state index is -0.673. The molecular formula is C19H25NO5. The molecule has 0 aliphatic carbocycles. The minimum absolute atomic E-state index is 0.0196. The Bertz CT molecular complexity index is 694. The lowest BCUT2D eigenvalue weighted by Gasteiger charge is -2.44. The molecule has 0 saturated carbocycles. The third-order valence-corrected chi connectivity index (χ3v) is 4.49. The number of hydrogen-bond acceptors (Lipinski definition) is 5. The van der Waals surface area contributed by atoms with Crippen LogP contribution in [0.15, 0.2) is 18.2 Å². The van der Waals surface area contributed by atoms with E-state index in [0.29, 0.717) is 30.2 Å². The van der Waals surface area contributed by atoms with Crippen LogP contribution in [0.1, 0.15) is 50.4 Å². The summed E-state index contributed by atoms with van der Waals surface area (Å²) in [4.78, 5) is 26.7. The van der Waals surface area contributed by atoms with Gasteiger partial charge in [0.15, 0.2) is 5.78 Å². The van der Waals surface area contributed by atoms with Crippen LogP contribution in [0.2, 0.25) is 0 Å². The molecule has 0 N–H and O–H groups in total. The number of piperidine rings is 1. The molecule has 1 fully saturated rings. The van der Waals surface area contributed by atoms with Crippen molar-refractivity contribution in [2.24, 2.45) is 0 Å². The average Bonchev–Trinajstić information content (AvgIpc) is 2.53. The Morgan fingerprint density at radius 2 is 2.08 bits per heavy atom. The van der Waals surface area contributed by atoms with Gasteiger partial charge in [0.1, 0.15) is 22.7 Å². The molecule has 0 aromatic heterocycles. The molecular weight excluding hydrogens is 322 g/mol. The van der Waals surface area contributed by atoms with Crippen LogP contribution < -0.4 is 9.47 Å². The van der Waals surface area contributed by atoms with Crippen molar-refractivity contribution < 1.29 is 23.8 Å². The standard InChI is InChI=1S/C19H25NO5/c1-18(2,3)25-17(22)20-9-5-8-19(12-20)11-15(21)14-10-13(23-4)6-7-16(14)24-19/h6-7,10H,5,8-9,11-12H2,1-4H3. The molecule has 6 nitrogen and oxygen atoms in total. The molecule has 2 aliphatic rings. The number of methoxy groups -OCH3 is 1. The summed E-state index contributed by atoms with van der Waals surface area (Å²) in [5.74, 6) is 1.21. The van der Waals surface area contributed by atoms with Crippen molar-refractivity contribution in [3.05, 3.63) is 23.8 Å². The zero-order valence-electron chi connectivity index (χ0n) is 15.3. The Morgan fingerprint density at radius 3 is 2.76 bits per heavy atom. The second-order valence-electron chi connectivity index (χ2n) is 7.75. The lowest BCUT2D eigenvalue weighted by atomic mass is 9.83. The van der Waals surface area contributed by atoms with E-state index in [1.54, 1.807) is 30.2 Å². The van der Waals surface area contributed by atoms with Gasteiger partial charge in [-0.05, 0) is 51.8 Å². The first-order valence-corrected chi connectivity index (χ1v) is 8.60. The number of carbonyl (C=O) groups excluding carboxylic acids is 2. The van der Waals surface area contributed by atoms with E-state index >= 15 is 0 Å². The van der Waals surface area contributed by atoms with Gasteiger partial charge in [-0.25, -0.2) is 4.79 Å². The van der Waals surface area contributed by atoms with Crippen LogP contribution in [0.5, 0.6) is 11.5 Å². The van der Waals surface area contributed by atoms with E-state index in [2.05, 4.69) is 0 Å². The lowest BCUT2D eigenvalue weighted by Crippen LogP contribution is -2.56. The van der Waals surface area contributed by atoms with E-state index in [0.717, 1.165) is 12.8 Å². The summed E-state index contributed by atoms with van der Waals surface area (Å²) >= 11 is 0. The number of ketones is 1. The zero-order valence-corrected chi connectivity index (χ0v) is 15.3. The van der Waals surface area contributed by atoms with Crippen LogP contribution >= 0.6 is 0 Å². The van der Waals surface area contributed by atoms with Crippen LogP contribution in [-0.2, 0) is 4.74 Å². The Labute approximate surface area is 148 Å². The van der Waals surface area contributed by atoms with Crippen LogP contribution in [0.25, 0.3) is 0 Å². The molecule has 1 aromatic carbocycles. The van der Waals surface area contributed by atoms with E-state index in [1.165, 1.54) is 0 Å². The number of ether oxygens (including phenoxy) is 3. The molecule has 0 bridgehead atoms. The number of nitrogens with zero attached hydrogens (tertiary/aromatic N) is 1. The highest BCUT2D eigenvalue weighted by Crippen LogP contribution is 2.39. The predicted octanol–water partition coefficient (Wildman–Crippen LogP) is 3.43. The highest BCUT2D eigenvalue weighted by Gasteiger charge is 2.45. The van der Waals surface area contributed by atoms with Gasteiger partial charge in [0.05, 0.1) is 25.6 Å². The maximum absolute atomic E-state index is 12.7. The largest absolute Gasteiger partial charge is 0.497 e. The second kappa shape index (κ2) is 6.24. The Hall–Kier alpha value is -2.24. The van der Waals surface area contributed by atoms with Crippen molar-refractivity contribution in [2.45, 2.75) is 51.2 Å². The number of benzene rings is 1. The Balaban J connectivity index is 1.80. The quantitative estimate of drug-likeness (QED) is 0.779. The lowest BCUT2D eigenvalue weighted by molar-refractivity contribution is -0.0334. The molecule has 25 heavy (non-hydrogen) atoms. The smallest absolute Gasteiger partial charge is 0.410 e. The van der Waals surface area contributed by atoms with Gasteiger partial charge in [0.2, 0.25) is 0 Å². The highest BCUT2D eigenvalue weighted by molar-refractivity contribution is 6.00. The molecule has 0 radical (unpaired) electrons. The summed E-state index contributed by atoms with van der Waals surface area (Å²) in [6.07, 6.45) is 1.41. The van der Waals surface area contributed by atoms with Gasteiger partial charge >= 0.3 is 6.09 Å². The summed E-state index contributed by atoms with van der Waals surface area (Å²) < 4.78 is 16.9. The SMILES string of the molecule is COc1ccc2c(c1)C(=O)CC1(CCCN(C(=O)OC(C)(C)C)C1)O2. The van der Waals surface area contributed by atoms with Crippen LogP contribution in [0.4, 0.5) is 4.79 Å². The third-order valence-electron chi connectivity index (χ3n) is 4.49. The maximum Gasteiger partial charge on any atom is 0.410 e.